The summed E-state index contributed by atoms with van der Waals surface area (Å²) in [5.41, 5.74) is 3.83. The molecule has 0 bridgehead atoms. The van der Waals surface area contributed by atoms with Crippen molar-refractivity contribution >= 4 is 17.6 Å². The van der Waals surface area contributed by atoms with Crippen molar-refractivity contribution in [1.29, 1.82) is 0 Å². The topological polar surface area (TPSA) is 64.4 Å². The standard InChI is InChI=1S/C33H33F2N3O2/c1-22-16-28(34)13-11-25(22)20-36-21-29-18-26(31(39)14-12-23-9-7-15-37-32(23)40-4)19-30(38-29)24-8-5-6-10-27(17-24)33(2,3)35/h5,7-11,13,15-19,21H,6,12,14,20H2,1-4H3. The zero-order valence-corrected chi connectivity index (χ0v) is 23.2. The van der Waals surface area contributed by atoms with Crippen LogP contribution in [0.4, 0.5) is 8.78 Å². The highest BCUT2D eigenvalue weighted by molar-refractivity contribution is 5.98. The molecule has 0 aliphatic heterocycles. The second kappa shape index (κ2) is 12.7. The van der Waals surface area contributed by atoms with E-state index < -0.39 is 5.67 Å². The number of hydrogen-bond donors (Lipinski definition) is 0. The molecule has 1 aliphatic carbocycles. The molecule has 5 nitrogen and oxygen atoms in total. The van der Waals surface area contributed by atoms with Crippen molar-refractivity contribution < 1.29 is 18.3 Å². The molecule has 0 amide bonds. The van der Waals surface area contributed by atoms with Crippen molar-refractivity contribution in [2.24, 2.45) is 4.99 Å². The molecule has 1 aliphatic rings. The molecule has 3 aromatic rings. The highest BCUT2D eigenvalue weighted by Gasteiger charge is 2.22. The van der Waals surface area contributed by atoms with Crippen molar-refractivity contribution in [3.05, 3.63) is 118 Å². The third-order valence-corrected chi connectivity index (χ3v) is 6.69. The number of Topliss-reactive ketones (excluding diaryl/α,β-unsaturated/α-hetero) is 1. The summed E-state index contributed by atoms with van der Waals surface area (Å²) in [7, 11) is 1.55. The number of methoxy groups -OCH3 is 1. The normalized spacial score (nSPS) is 13.7. The average molecular weight is 542 g/mol. The molecule has 1 aromatic carbocycles. The Bertz CT molecular complexity index is 1510. The van der Waals surface area contributed by atoms with Crippen LogP contribution < -0.4 is 4.74 Å². The van der Waals surface area contributed by atoms with Gasteiger partial charge in [-0.05, 0) is 86.7 Å². The molecule has 0 saturated carbocycles. The third kappa shape index (κ3) is 7.44. The van der Waals surface area contributed by atoms with Gasteiger partial charge in [0.25, 0.3) is 0 Å². The number of alkyl halides is 1. The van der Waals surface area contributed by atoms with Gasteiger partial charge in [0.2, 0.25) is 5.88 Å². The maximum Gasteiger partial charge on any atom is 0.216 e. The number of hydrogen-bond acceptors (Lipinski definition) is 5. The van der Waals surface area contributed by atoms with Crippen LogP contribution in [0.3, 0.4) is 0 Å². The number of aryl methyl sites for hydroxylation is 2. The number of pyridine rings is 2. The zero-order chi connectivity index (χ0) is 28.7. The van der Waals surface area contributed by atoms with E-state index in [1.165, 1.54) is 26.0 Å². The number of benzene rings is 1. The molecule has 2 aromatic heterocycles. The van der Waals surface area contributed by atoms with Gasteiger partial charge in [-0.1, -0.05) is 30.4 Å². The summed E-state index contributed by atoms with van der Waals surface area (Å²) in [6, 6.07) is 11.8. The predicted octanol–water partition coefficient (Wildman–Crippen LogP) is 7.39. The van der Waals surface area contributed by atoms with Gasteiger partial charge >= 0.3 is 0 Å². The highest BCUT2D eigenvalue weighted by atomic mass is 19.1. The summed E-state index contributed by atoms with van der Waals surface area (Å²) in [4.78, 5) is 26.9. The smallest absolute Gasteiger partial charge is 0.216 e. The second-order valence-electron chi connectivity index (χ2n) is 10.2. The molecule has 0 saturated heterocycles. The van der Waals surface area contributed by atoms with E-state index >= 15 is 0 Å². The Morgan fingerprint density at radius 3 is 2.75 bits per heavy atom. The number of nitrogens with zero attached hydrogens (tertiary/aromatic N) is 3. The van der Waals surface area contributed by atoms with Crippen LogP contribution in [0.25, 0.3) is 5.57 Å². The van der Waals surface area contributed by atoms with Crippen molar-refractivity contribution in [3.8, 4) is 5.88 Å². The number of aliphatic imine (C=N–C) groups is 1. The van der Waals surface area contributed by atoms with Crippen LogP contribution in [0.2, 0.25) is 0 Å². The summed E-state index contributed by atoms with van der Waals surface area (Å²) in [5, 5.41) is 0. The van der Waals surface area contributed by atoms with Gasteiger partial charge in [0.15, 0.2) is 5.78 Å². The first kappa shape index (κ1) is 28.7. The monoisotopic (exact) mass is 541 g/mol. The molecule has 7 heteroatoms. The Labute approximate surface area is 234 Å². The van der Waals surface area contributed by atoms with Crippen molar-refractivity contribution in [3.63, 3.8) is 0 Å². The minimum atomic E-state index is -1.52. The van der Waals surface area contributed by atoms with E-state index in [2.05, 4.69) is 9.98 Å². The largest absolute Gasteiger partial charge is 0.481 e. The lowest BCUT2D eigenvalue weighted by Crippen LogP contribution is -2.14. The van der Waals surface area contributed by atoms with E-state index in [0.717, 1.165) is 16.7 Å². The average Bonchev–Trinajstić information content (AvgIpc) is 3.20. The molecule has 0 spiro atoms. The van der Waals surface area contributed by atoms with Gasteiger partial charge in [-0.3, -0.25) is 9.79 Å². The molecule has 0 unspecified atom stereocenters. The van der Waals surface area contributed by atoms with Gasteiger partial charge in [-0.2, -0.15) is 0 Å². The summed E-state index contributed by atoms with van der Waals surface area (Å²) in [5.74, 6) is 0.135. The molecule has 0 N–H and O–H groups in total. The van der Waals surface area contributed by atoms with Crippen molar-refractivity contribution in [1.82, 2.24) is 9.97 Å². The summed E-state index contributed by atoms with van der Waals surface area (Å²) < 4.78 is 33.7. The number of ketones is 1. The number of allylic oxidation sites excluding steroid dienone is 6. The fourth-order valence-corrected chi connectivity index (χ4v) is 4.43. The minimum Gasteiger partial charge on any atom is -0.481 e. The molecular formula is C33H33F2N3O2. The van der Waals surface area contributed by atoms with Gasteiger partial charge in [0.1, 0.15) is 11.5 Å². The first-order chi connectivity index (χ1) is 19.1. The molecular weight excluding hydrogens is 508 g/mol. The van der Waals surface area contributed by atoms with E-state index in [9.17, 15) is 13.6 Å². The molecule has 2 heterocycles. The van der Waals surface area contributed by atoms with Gasteiger partial charge < -0.3 is 4.74 Å². The number of halogens is 2. The Morgan fingerprint density at radius 2 is 2.00 bits per heavy atom. The summed E-state index contributed by atoms with van der Waals surface area (Å²) in [6.07, 6.45) is 12.0. The molecule has 0 atom stereocenters. The Kier molecular flexibility index (Phi) is 9.15. The lowest BCUT2D eigenvalue weighted by Gasteiger charge is -2.16. The quantitative estimate of drug-likeness (QED) is 0.198. The summed E-state index contributed by atoms with van der Waals surface area (Å²) >= 11 is 0. The van der Waals surface area contributed by atoms with Crippen LogP contribution in [0.5, 0.6) is 5.88 Å². The van der Waals surface area contributed by atoms with Gasteiger partial charge in [0, 0.05) is 35.5 Å². The van der Waals surface area contributed by atoms with Gasteiger partial charge in [0.05, 0.1) is 25.0 Å². The molecule has 4 rings (SSSR count). The maximum atomic E-state index is 14.9. The van der Waals surface area contributed by atoms with E-state index in [1.807, 2.05) is 37.3 Å². The van der Waals surface area contributed by atoms with Crippen LogP contribution in [0, 0.1) is 12.7 Å². The minimum absolute atomic E-state index is 0.0710. The van der Waals surface area contributed by atoms with Crippen molar-refractivity contribution in [2.75, 3.05) is 7.11 Å². The highest BCUT2D eigenvalue weighted by Crippen LogP contribution is 2.29. The number of ether oxygens (including phenoxy) is 1. The summed E-state index contributed by atoms with van der Waals surface area (Å²) in [6.45, 7) is 5.22. The molecule has 0 fully saturated rings. The first-order valence-electron chi connectivity index (χ1n) is 13.2. The first-order valence-corrected chi connectivity index (χ1v) is 13.2. The van der Waals surface area contributed by atoms with Crippen LogP contribution in [0.1, 0.15) is 65.1 Å². The number of aromatic nitrogens is 2. The Morgan fingerprint density at radius 1 is 1.18 bits per heavy atom. The second-order valence-corrected chi connectivity index (χ2v) is 10.2. The lowest BCUT2D eigenvalue weighted by atomic mass is 9.95. The Hall–Kier alpha value is -4.26. The molecule has 206 valence electrons. The fourth-order valence-electron chi connectivity index (χ4n) is 4.43. The van der Waals surface area contributed by atoms with E-state index in [-0.39, 0.29) is 18.0 Å². The Balaban J connectivity index is 1.67. The van der Waals surface area contributed by atoms with Crippen molar-refractivity contribution in [2.45, 2.75) is 52.2 Å². The van der Waals surface area contributed by atoms with E-state index in [0.29, 0.717) is 53.4 Å². The van der Waals surface area contributed by atoms with Crippen LogP contribution >= 0.6 is 0 Å². The molecule has 0 radical (unpaired) electrons. The fraction of sp³-hybridized carbons (Fsp3) is 0.273. The van der Waals surface area contributed by atoms with Crippen LogP contribution in [0.15, 0.2) is 83.5 Å². The van der Waals surface area contributed by atoms with E-state index in [1.54, 1.807) is 43.8 Å². The van der Waals surface area contributed by atoms with E-state index in [4.69, 9.17) is 9.72 Å². The van der Waals surface area contributed by atoms with Crippen LogP contribution in [-0.4, -0.2) is 34.7 Å². The predicted molar refractivity (Wildman–Crippen MR) is 155 cm³/mol. The maximum absolute atomic E-state index is 14.9. The van der Waals surface area contributed by atoms with Crippen LogP contribution in [-0.2, 0) is 13.0 Å². The lowest BCUT2D eigenvalue weighted by molar-refractivity contribution is 0.0982. The SMILES string of the molecule is COc1ncccc1CCC(=O)c1cc(C=NCc2ccc(F)cc2C)nc(C2=CC(C(C)(C)F)=CCC=C2)c1. The zero-order valence-electron chi connectivity index (χ0n) is 23.2. The third-order valence-electron chi connectivity index (χ3n) is 6.69. The number of rotatable bonds is 10. The van der Waals surface area contributed by atoms with Gasteiger partial charge in [-0.25, -0.2) is 18.7 Å². The molecule has 40 heavy (non-hydrogen) atoms. The number of carbonyl (C=O) groups excluding carboxylic acids is 1. The number of carbonyl (C=O) groups is 1. The van der Waals surface area contributed by atoms with Gasteiger partial charge in [-0.15, -0.1) is 0 Å².